The molecule has 23 heavy (non-hydrogen) atoms. The fourth-order valence-corrected chi connectivity index (χ4v) is 3.93. The smallest absolute Gasteiger partial charge is 0.266 e. The number of nitrogens with zero attached hydrogens (tertiary/aromatic N) is 3. The summed E-state index contributed by atoms with van der Waals surface area (Å²) in [6.45, 7) is 8.46. The number of aromatic nitrogens is 1. The van der Waals surface area contributed by atoms with Crippen molar-refractivity contribution >= 4 is 28.1 Å². The number of nitrogen functional groups attached to an aromatic ring is 1. The van der Waals surface area contributed by atoms with E-state index in [9.17, 15) is 4.79 Å². The molecule has 2 N–H and O–H groups in total. The molecule has 0 radical (unpaired) electrons. The zero-order valence-electron chi connectivity index (χ0n) is 13.7. The number of carbonyl (C=O) groups is 1. The van der Waals surface area contributed by atoms with Crippen molar-refractivity contribution in [3.63, 3.8) is 0 Å². The van der Waals surface area contributed by atoms with E-state index in [0.717, 1.165) is 18.8 Å². The maximum Gasteiger partial charge on any atom is 0.266 e. The highest BCUT2D eigenvalue weighted by atomic mass is 32.1. The predicted molar refractivity (Wildman–Crippen MR) is 95.2 cm³/mol. The summed E-state index contributed by atoms with van der Waals surface area (Å²) in [5.41, 5.74) is 8.98. The first-order valence-corrected chi connectivity index (χ1v) is 8.63. The number of aryl methyl sites for hydroxylation is 2. The van der Waals surface area contributed by atoms with Gasteiger partial charge in [0.05, 0.1) is 5.69 Å². The molecule has 0 spiro atoms. The van der Waals surface area contributed by atoms with Crippen LogP contribution in [0, 0.1) is 13.8 Å². The molecule has 1 aliphatic heterocycles. The zero-order valence-corrected chi connectivity index (χ0v) is 14.6. The molecule has 0 saturated carbocycles. The Morgan fingerprint density at radius 2 is 2.04 bits per heavy atom. The molecule has 1 amide bonds. The van der Waals surface area contributed by atoms with E-state index in [1.807, 2.05) is 11.8 Å². The van der Waals surface area contributed by atoms with Gasteiger partial charge in [0.25, 0.3) is 5.91 Å². The van der Waals surface area contributed by atoms with Crippen molar-refractivity contribution in [3.8, 4) is 0 Å². The van der Waals surface area contributed by atoms with Gasteiger partial charge >= 0.3 is 0 Å². The van der Waals surface area contributed by atoms with Gasteiger partial charge in [-0.3, -0.25) is 4.79 Å². The second-order valence-corrected chi connectivity index (χ2v) is 7.08. The van der Waals surface area contributed by atoms with Gasteiger partial charge in [-0.05, 0) is 32.4 Å². The van der Waals surface area contributed by atoms with Gasteiger partial charge in [-0.1, -0.05) is 29.5 Å². The Labute approximate surface area is 140 Å². The number of thiazole rings is 1. The monoisotopic (exact) mass is 330 g/mol. The molecule has 1 fully saturated rings. The maximum atomic E-state index is 12.8. The fraction of sp³-hybridized carbons (Fsp3) is 0.412. The number of hydrogen-bond acceptors (Lipinski definition) is 5. The van der Waals surface area contributed by atoms with Crippen LogP contribution >= 0.6 is 11.3 Å². The molecule has 1 aliphatic rings. The van der Waals surface area contributed by atoms with Crippen LogP contribution in [0.25, 0.3) is 0 Å². The molecule has 2 aromatic rings. The summed E-state index contributed by atoms with van der Waals surface area (Å²) in [6, 6.07) is 8.54. The quantitative estimate of drug-likeness (QED) is 0.919. The Morgan fingerprint density at radius 1 is 1.30 bits per heavy atom. The molecule has 2 heterocycles. The standard InChI is InChI=1S/C17H22N4OS/c1-11-6-4-5-7-14(11)20-8-9-21(12(2)10-20)16(22)15-13(3)19-17(18)23-15/h4-7,12H,8-10H2,1-3H3,(H2,18,19). The molecule has 0 bridgehead atoms. The normalized spacial score (nSPS) is 18.3. The van der Waals surface area contributed by atoms with Crippen molar-refractivity contribution in [2.24, 2.45) is 0 Å². The van der Waals surface area contributed by atoms with Gasteiger partial charge in [0.2, 0.25) is 0 Å². The fourth-order valence-electron chi connectivity index (χ4n) is 3.14. The Bertz CT molecular complexity index is 727. The van der Waals surface area contributed by atoms with Crippen LogP contribution in [0.2, 0.25) is 0 Å². The van der Waals surface area contributed by atoms with Crippen molar-refractivity contribution in [2.45, 2.75) is 26.8 Å². The SMILES string of the molecule is Cc1ccccc1N1CCN(C(=O)c2sc(N)nc2C)C(C)C1. The molecule has 5 nitrogen and oxygen atoms in total. The highest BCUT2D eigenvalue weighted by Gasteiger charge is 2.30. The minimum atomic E-state index is 0.0497. The first kappa shape index (κ1) is 15.8. The van der Waals surface area contributed by atoms with E-state index in [4.69, 9.17) is 5.73 Å². The van der Waals surface area contributed by atoms with Gasteiger partial charge in [-0.2, -0.15) is 0 Å². The number of piperazine rings is 1. The Balaban J connectivity index is 1.75. The van der Waals surface area contributed by atoms with Crippen molar-refractivity contribution in [3.05, 3.63) is 40.4 Å². The average molecular weight is 330 g/mol. The molecule has 1 saturated heterocycles. The molecular formula is C17H22N4OS. The zero-order chi connectivity index (χ0) is 16.6. The minimum absolute atomic E-state index is 0.0497. The Hall–Kier alpha value is -2.08. The summed E-state index contributed by atoms with van der Waals surface area (Å²) in [5, 5.41) is 0.456. The average Bonchev–Trinajstić information content (AvgIpc) is 2.85. The van der Waals surface area contributed by atoms with Crippen LogP contribution in [0.4, 0.5) is 10.8 Å². The largest absolute Gasteiger partial charge is 0.375 e. The highest BCUT2D eigenvalue weighted by Crippen LogP contribution is 2.26. The Kier molecular flexibility index (Phi) is 4.26. The number of para-hydroxylation sites is 1. The second-order valence-electron chi connectivity index (χ2n) is 6.05. The minimum Gasteiger partial charge on any atom is -0.375 e. The number of anilines is 2. The lowest BCUT2D eigenvalue weighted by molar-refractivity contribution is 0.0678. The van der Waals surface area contributed by atoms with Crippen LogP contribution < -0.4 is 10.6 Å². The van der Waals surface area contributed by atoms with E-state index in [-0.39, 0.29) is 11.9 Å². The third-order valence-electron chi connectivity index (χ3n) is 4.35. The van der Waals surface area contributed by atoms with Crippen LogP contribution in [0.1, 0.15) is 27.9 Å². The summed E-state index contributed by atoms with van der Waals surface area (Å²) in [7, 11) is 0. The lowest BCUT2D eigenvalue weighted by Gasteiger charge is -2.41. The van der Waals surface area contributed by atoms with Crippen molar-refractivity contribution in [1.29, 1.82) is 0 Å². The van der Waals surface area contributed by atoms with Gasteiger partial charge in [0.15, 0.2) is 5.13 Å². The molecule has 122 valence electrons. The molecule has 1 aromatic carbocycles. The van der Waals surface area contributed by atoms with Crippen LogP contribution in [-0.2, 0) is 0 Å². The van der Waals surface area contributed by atoms with Gasteiger partial charge in [0, 0.05) is 31.4 Å². The number of rotatable bonds is 2. The number of carbonyl (C=O) groups excluding carboxylic acids is 1. The topological polar surface area (TPSA) is 62.5 Å². The van der Waals surface area contributed by atoms with E-state index >= 15 is 0 Å². The van der Waals surface area contributed by atoms with Crippen molar-refractivity contribution in [1.82, 2.24) is 9.88 Å². The number of nitrogens with two attached hydrogens (primary N) is 1. The predicted octanol–water partition coefficient (Wildman–Crippen LogP) is 2.69. The van der Waals surface area contributed by atoms with Crippen LogP contribution in [0.15, 0.2) is 24.3 Å². The van der Waals surface area contributed by atoms with Crippen LogP contribution in [0.5, 0.6) is 0 Å². The van der Waals surface area contributed by atoms with Crippen molar-refractivity contribution < 1.29 is 4.79 Å². The van der Waals surface area contributed by atoms with E-state index in [0.29, 0.717) is 16.6 Å². The van der Waals surface area contributed by atoms with Gasteiger partial charge in [-0.25, -0.2) is 4.98 Å². The lowest BCUT2D eigenvalue weighted by Crippen LogP contribution is -2.54. The lowest BCUT2D eigenvalue weighted by atomic mass is 10.1. The van der Waals surface area contributed by atoms with E-state index < -0.39 is 0 Å². The van der Waals surface area contributed by atoms with Gasteiger partial charge in [-0.15, -0.1) is 0 Å². The van der Waals surface area contributed by atoms with E-state index in [1.165, 1.54) is 22.6 Å². The number of amides is 1. The second kappa shape index (κ2) is 6.20. The van der Waals surface area contributed by atoms with E-state index in [1.54, 1.807) is 0 Å². The Morgan fingerprint density at radius 3 is 2.65 bits per heavy atom. The third-order valence-corrected chi connectivity index (χ3v) is 5.33. The van der Waals surface area contributed by atoms with Gasteiger partial charge in [0.1, 0.15) is 4.88 Å². The molecule has 0 aliphatic carbocycles. The molecule has 1 atom stereocenters. The first-order valence-electron chi connectivity index (χ1n) is 7.82. The number of benzene rings is 1. The van der Waals surface area contributed by atoms with Crippen LogP contribution in [-0.4, -0.2) is 41.5 Å². The number of hydrogen-bond donors (Lipinski definition) is 1. The molecule has 3 rings (SSSR count). The molecule has 1 unspecified atom stereocenters. The first-order chi connectivity index (χ1) is 11.0. The molecular weight excluding hydrogens is 308 g/mol. The summed E-state index contributed by atoms with van der Waals surface area (Å²) in [5.74, 6) is 0.0497. The van der Waals surface area contributed by atoms with Crippen molar-refractivity contribution in [2.75, 3.05) is 30.3 Å². The summed E-state index contributed by atoms with van der Waals surface area (Å²) < 4.78 is 0. The van der Waals surface area contributed by atoms with E-state index in [2.05, 4.69) is 48.0 Å². The maximum absolute atomic E-state index is 12.8. The summed E-state index contributed by atoms with van der Waals surface area (Å²) >= 11 is 1.28. The van der Waals surface area contributed by atoms with Crippen LogP contribution in [0.3, 0.4) is 0 Å². The summed E-state index contributed by atoms with van der Waals surface area (Å²) in [4.78, 5) is 21.9. The van der Waals surface area contributed by atoms with Gasteiger partial charge < -0.3 is 15.5 Å². The summed E-state index contributed by atoms with van der Waals surface area (Å²) in [6.07, 6.45) is 0. The molecule has 1 aromatic heterocycles. The third kappa shape index (κ3) is 3.03. The molecule has 6 heteroatoms. The highest BCUT2D eigenvalue weighted by molar-refractivity contribution is 7.17.